The highest BCUT2D eigenvalue weighted by Crippen LogP contribution is 2.38. The van der Waals surface area contributed by atoms with Crippen molar-refractivity contribution in [2.75, 3.05) is 79.3 Å². The van der Waals surface area contributed by atoms with Crippen LogP contribution in [0.5, 0.6) is 0 Å². The molecule has 0 saturated carbocycles. The SMILES string of the molecule is CC1O[C@@H](COCC2C(CCOC[C@@H]3OC(C(=O)O)[C@@H](COC[C@H]4OC(CO)[C@@H](O)C(COC[C@@H]5OC(C)[C@@H](O)C(OS(=O)(=O)O)C5O)C4CCOC[C@@H]4OC(C(=O)O)=CC(O)C4O)C(O)C3O)[C@H](O)OC(CO)[C@H]2O)C(O)C(OS(=O)(=O)O)[C@@H]1O. The molecule has 0 bridgehead atoms. The van der Waals surface area contributed by atoms with Crippen molar-refractivity contribution in [3.8, 4) is 0 Å². The molecule has 6 aliphatic heterocycles. The summed E-state index contributed by atoms with van der Waals surface area (Å²) in [7, 11) is -10.3. The molecular weight excluding hydrogens is 1220 g/mol. The maximum atomic E-state index is 12.7. The van der Waals surface area contributed by atoms with Gasteiger partial charge in [-0.25, -0.2) is 18.0 Å². The largest absolute Gasteiger partial charge is 0.479 e. The Labute approximate surface area is 492 Å². The van der Waals surface area contributed by atoms with Gasteiger partial charge in [-0.05, 0) is 38.7 Å². The molecule has 17 N–H and O–H groups in total. The minimum absolute atomic E-state index is 0.0915. The first-order valence-corrected chi connectivity index (χ1v) is 30.1. The second-order valence-electron chi connectivity index (χ2n) is 21.9. The lowest BCUT2D eigenvalue weighted by molar-refractivity contribution is -0.268. The molecule has 38 heteroatoms. The summed E-state index contributed by atoms with van der Waals surface area (Å²) in [5.74, 6) is -9.31. The smallest absolute Gasteiger partial charge is 0.397 e. The monoisotopic (exact) mass is 1300 g/mol. The van der Waals surface area contributed by atoms with E-state index in [1.54, 1.807) is 0 Å². The lowest BCUT2D eigenvalue weighted by Gasteiger charge is -2.46. The Morgan fingerprint density at radius 3 is 1.36 bits per heavy atom. The second-order valence-corrected chi connectivity index (χ2v) is 24.0. The number of aliphatic hydroxyl groups excluding tert-OH is 13. The maximum absolute atomic E-state index is 12.7. The Morgan fingerprint density at radius 2 is 0.884 bits per heavy atom. The summed E-state index contributed by atoms with van der Waals surface area (Å²) in [6.07, 6.45) is -35.5. The van der Waals surface area contributed by atoms with E-state index in [1.807, 2.05) is 0 Å². The molecular formula is C48H80O36S2. The van der Waals surface area contributed by atoms with Crippen LogP contribution in [0.4, 0.5) is 0 Å². The van der Waals surface area contributed by atoms with Crippen LogP contribution in [0.2, 0.25) is 0 Å². The number of carboxylic acids is 2. The van der Waals surface area contributed by atoms with Gasteiger partial charge in [0.2, 0.25) is 5.76 Å². The molecule has 0 aromatic carbocycles. The molecule has 17 unspecified atom stereocenters. The van der Waals surface area contributed by atoms with Crippen molar-refractivity contribution in [3.05, 3.63) is 11.8 Å². The summed E-state index contributed by atoms with van der Waals surface area (Å²) < 4.78 is 136. The zero-order valence-corrected chi connectivity index (χ0v) is 48.0. The van der Waals surface area contributed by atoms with Gasteiger partial charge in [-0.2, -0.15) is 16.8 Å². The molecule has 6 aliphatic rings. The van der Waals surface area contributed by atoms with Gasteiger partial charge in [0.15, 0.2) is 18.5 Å². The van der Waals surface area contributed by atoms with Gasteiger partial charge >= 0.3 is 32.7 Å². The molecule has 0 amide bonds. The predicted molar refractivity (Wildman–Crippen MR) is 273 cm³/mol. The van der Waals surface area contributed by atoms with Crippen LogP contribution in [0.3, 0.4) is 0 Å². The normalized spacial score (nSPS) is 42.6. The van der Waals surface area contributed by atoms with Crippen molar-refractivity contribution in [1.29, 1.82) is 0 Å². The number of ether oxygens (including phenoxy) is 11. The summed E-state index contributed by atoms with van der Waals surface area (Å²) in [4.78, 5) is 24.3. The minimum Gasteiger partial charge on any atom is -0.479 e. The molecule has 500 valence electrons. The molecule has 0 aromatic rings. The molecule has 0 spiro atoms. The number of aliphatic carboxylic acids is 2. The molecule has 28 atom stereocenters. The van der Waals surface area contributed by atoms with E-state index in [2.05, 4.69) is 8.37 Å². The number of hydrogen-bond donors (Lipinski definition) is 17. The molecule has 0 radical (unpaired) electrons. The van der Waals surface area contributed by atoms with Crippen molar-refractivity contribution in [2.24, 2.45) is 29.6 Å². The van der Waals surface area contributed by atoms with E-state index in [4.69, 9.17) is 56.7 Å². The number of aliphatic hydroxyl groups is 13. The van der Waals surface area contributed by atoms with Crippen LogP contribution in [-0.4, -0.2) is 334 Å². The molecule has 0 aliphatic carbocycles. The van der Waals surface area contributed by atoms with Crippen molar-refractivity contribution in [1.82, 2.24) is 0 Å². The zero-order valence-electron chi connectivity index (χ0n) is 46.3. The van der Waals surface area contributed by atoms with E-state index in [1.165, 1.54) is 13.8 Å². The highest BCUT2D eigenvalue weighted by molar-refractivity contribution is 7.81. The Bertz CT molecular complexity index is 2390. The zero-order chi connectivity index (χ0) is 63.7. The molecule has 6 rings (SSSR count). The van der Waals surface area contributed by atoms with E-state index in [0.29, 0.717) is 0 Å². The fourth-order valence-corrected chi connectivity index (χ4v) is 12.4. The first kappa shape index (κ1) is 72.4. The third kappa shape index (κ3) is 18.7. The van der Waals surface area contributed by atoms with E-state index in [-0.39, 0.29) is 26.1 Å². The molecule has 5 saturated heterocycles. The first-order chi connectivity index (χ1) is 40.4. The highest BCUT2D eigenvalue weighted by Gasteiger charge is 2.52. The molecule has 5 fully saturated rings. The number of rotatable bonds is 30. The van der Waals surface area contributed by atoms with E-state index in [0.717, 1.165) is 6.08 Å². The van der Waals surface area contributed by atoms with Gasteiger partial charge in [0.05, 0.1) is 103 Å². The van der Waals surface area contributed by atoms with Crippen LogP contribution < -0.4 is 0 Å². The van der Waals surface area contributed by atoms with Gasteiger partial charge in [-0.3, -0.25) is 9.11 Å². The third-order valence-corrected chi connectivity index (χ3v) is 17.0. The summed E-state index contributed by atoms with van der Waals surface area (Å²) in [5.41, 5.74) is 0. The average molecular weight is 1300 g/mol. The fourth-order valence-electron chi connectivity index (χ4n) is 11.4. The fraction of sp³-hybridized carbons (Fsp3) is 0.917. The van der Waals surface area contributed by atoms with Crippen molar-refractivity contribution >= 4 is 32.7 Å². The number of carboxylic acid groups (broad SMARTS) is 2. The summed E-state index contributed by atoms with van der Waals surface area (Å²) in [6.45, 7) is -3.47. The second kappa shape index (κ2) is 32.0. The van der Waals surface area contributed by atoms with E-state index >= 15 is 0 Å². The highest BCUT2D eigenvalue weighted by atomic mass is 32.3. The van der Waals surface area contributed by atoms with Crippen LogP contribution in [0, 0.1) is 29.6 Å². The number of carbonyl (C=O) groups is 2. The third-order valence-electron chi connectivity index (χ3n) is 16.1. The van der Waals surface area contributed by atoms with Gasteiger partial charge in [-0.15, -0.1) is 0 Å². The van der Waals surface area contributed by atoms with Crippen molar-refractivity contribution < 1.29 is 173 Å². The molecule has 86 heavy (non-hydrogen) atoms. The molecule has 6 heterocycles. The van der Waals surface area contributed by atoms with Gasteiger partial charge < -0.3 is 129 Å². The number of hydrogen-bond acceptors (Lipinski definition) is 32. The lowest BCUT2D eigenvalue weighted by atomic mass is 9.77. The quantitative estimate of drug-likeness (QED) is 0.0235. The summed E-state index contributed by atoms with van der Waals surface area (Å²) in [5, 5.41) is 159. The Kier molecular flexibility index (Phi) is 27.0. The lowest BCUT2D eigenvalue weighted by Crippen LogP contribution is -2.60. The van der Waals surface area contributed by atoms with E-state index in [9.17, 15) is 108 Å². The van der Waals surface area contributed by atoms with Crippen LogP contribution in [0.25, 0.3) is 0 Å². The minimum atomic E-state index is -5.18. The standard InChI is InChI=1S/C48H80O36S2/c1-18-34(52)44(83-85(66,67)68)41(59)32(77-18)16-74-10-22-20(3-5-72-14-30-39(57)25(51)7-26(79-30)46(61)62)29(80-27(8-49)36(22)54)13-76-12-24-38(56)40(58)31(81-43(24)47(63)64)15-73-6-4-21-23(37(55)28(9-50)82-48(21)65)11-75-17-33-42(60)45(84-86(69,70)71)35(53)19(2)78-33/h7,18-25,27-45,48-60,65H,3-6,8-17H2,1-2H3,(H,61,62)(H,63,64)(H,66,67,68)(H,69,70,71)/t18?,19?,20?,21?,22?,23?,24-,25?,27?,28?,29+,30-,31-,32-,33-,34+,35+,36-,37-,38?,39?,40?,41?,42?,43?,44?,45?,48+/m0/s1. The Hall–Kier alpha value is -2.70. The van der Waals surface area contributed by atoms with Crippen LogP contribution in [0.1, 0.15) is 26.7 Å². The first-order valence-electron chi connectivity index (χ1n) is 27.4. The van der Waals surface area contributed by atoms with Crippen molar-refractivity contribution in [3.63, 3.8) is 0 Å². The summed E-state index contributed by atoms with van der Waals surface area (Å²) >= 11 is 0. The van der Waals surface area contributed by atoms with Gasteiger partial charge in [0.25, 0.3) is 0 Å². The van der Waals surface area contributed by atoms with Gasteiger partial charge in [-0.1, -0.05) is 0 Å². The van der Waals surface area contributed by atoms with Gasteiger partial charge in [0, 0.05) is 36.9 Å². The molecule has 0 aromatic heterocycles. The summed E-state index contributed by atoms with van der Waals surface area (Å²) in [6, 6.07) is 0. The molecule has 36 nitrogen and oxygen atoms in total. The van der Waals surface area contributed by atoms with Crippen molar-refractivity contribution in [2.45, 2.75) is 167 Å². The predicted octanol–water partition coefficient (Wildman–Crippen LogP) is -8.82. The van der Waals surface area contributed by atoms with Crippen LogP contribution in [0.15, 0.2) is 11.8 Å². The average Bonchev–Trinajstić information content (AvgIpc) is 1.45. The topological polar surface area (TPSA) is 566 Å². The van der Waals surface area contributed by atoms with Crippen LogP contribution in [-0.2, 0) is 90.9 Å². The maximum Gasteiger partial charge on any atom is 0.397 e. The Morgan fingerprint density at radius 1 is 0.453 bits per heavy atom. The Balaban J connectivity index is 1.08. The van der Waals surface area contributed by atoms with Crippen LogP contribution >= 0.6 is 0 Å². The van der Waals surface area contributed by atoms with Gasteiger partial charge in [0.1, 0.15) is 85.5 Å². The van der Waals surface area contributed by atoms with E-state index < -0.39 is 275 Å².